The number of nitrogens with zero attached hydrogens (tertiary/aromatic N) is 1. The molecule has 2 rings (SSSR count). The average Bonchev–Trinajstić information content (AvgIpc) is 2.59. The number of hydrogen-bond donors (Lipinski definition) is 0. The van der Waals surface area contributed by atoms with E-state index >= 15 is 0 Å². The molecular formula is C19H17NO3. The number of methoxy groups -OCH3 is 1. The van der Waals surface area contributed by atoms with Crippen molar-refractivity contribution < 1.29 is 14.3 Å². The van der Waals surface area contributed by atoms with Crippen LogP contribution in [0, 0.1) is 0 Å². The van der Waals surface area contributed by atoms with Crippen LogP contribution >= 0.6 is 0 Å². The molecule has 0 unspecified atom stereocenters. The Labute approximate surface area is 135 Å². The molecule has 0 aliphatic rings. The second-order valence-electron chi connectivity index (χ2n) is 4.46. The first-order chi connectivity index (χ1) is 11.3. The van der Waals surface area contributed by atoms with Gasteiger partial charge in [-0.3, -0.25) is 0 Å². The first-order valence-electron chi connectivity index (χ1n) is 7.07. The van der Waals surface area contributed by atoms with Gasteiger partial charge in [0.1, 0.15) is 5.75 Å². The van der Waals surface area contributed by atoms with E-state index in [0.29, 0.717) is 5.75 Å². The summed E-state index contributed by atoms with van der Waals surface area (Å²) in [5, 5.41) is 0. The van der Waals surface area contributed by atoms with Crippen LogP contribution in [0.4, 0.5) is 4.79 Å². The molecule has 0 aliphatic heterocycles. The van der Waals surface area contributed by atoms with Crippen molar-refractivity contribution in [1.82, 2.24) is 0 Å². The molecule has 116 valence electrons. The summed E-state index contributed by atoms with van der Waals surface area (Å²) in [6.07, 6.45) is 6.37. The maximum absolute atomic E-state index is 11.7. The lowest BCUT2D eigenvalue weighted by molar-refractivity contribution is 0.210. The molecule has 0 atom stereocenters. The zero-order chi connectivity index (χ0) is 16.3. The molecule has 0 saturated heterocycles. The maximum Gasteiger partial charge on any atom is 0.442 e. The van der Waals surface area contributed by atoms with Gasteiger partial charge >= 0.3 is 6.09 Å². The van der Waals surface area contributed by atoms with Gasteiger partial charge in [-0.1, -0.05) is 66.8 Å². The predicted octanol–water partition coefficient (Wildman–Crippen LogP) is 4.50. The largest absolute Gasteiger partial charge is 0.481 e. The average molecular weight is 307 g/mol. The van der Waals surface area contributed by atoms with E-state index in [1.54, 1.807) is 36.4 Å². The molecular weight excluding hydrogens is 290 g/mol. The van der Waals surface area contributed by atoms with Crippen LogP contribution in [-0.4, -0.2) is 19.1 Å². The third-order valence-corrected chi connectivity index (χ3v) is 2.80. The van der Waals surface area contributed by atoms with Crippen LogP contribution in [0.15, 0.2) is 83.9 Å². The Morgan fingerprint density at radius 3 is 2.26 bits per heavy atom. The van der Waals surface area contributed by atoms with Gasteiger partial charge in [-0.15, -0.1) is 4.99 Å². The number of para-hydroxylation sites is 1. The molecule has 1 amide bonds. The van der Waals surface area contributed by atoms with E-state index in [-0.39, 0.29) is 5.90 Å². The topological polar surface area (TPSA) is 47.9 Å². The number of benzene rings is 2. The monoisotopic (exact) mass is 307 g/mol. The Bertz CT molecular complexity index is 704. The van der Waals surface area contributed by atoms with Crippen LogP contribution in [0.1, 0.15) is 5.56 Å². The van der Waals surface area contributed by atoms with E-state index in [1.165, 1.54) is 7.11 Å². The van der Waals surface area contributed by atoms with E-state index in [1.807, 2.05) is 48.6 Å². The van der Waals surface area contributed by atoms with Crippen molar-refractivity contribution in [3.8, 4) is 5.75 Å². The summed E-state index contributed by atoms with van der Waals surface area (Å²) >= 11 is 0. The van der Waals surface area contributed by atoms with Gasteiger partial charge < -0.3 is 9.47 Å². The highest BCUT2D eigenvalue weighted by Crippen LogP contribution is 2.09. The first-order valence-corrected chi connectivity index (χ1v) is 7.07. The lowest BCUT2D eigenvalue weighted by Gasteiger charge is -2.01. The summed E-state index contributed by atoms with van der Waals surface area (Å²) in [4.78, 5) is 15.4. The Kier molecular flexibility index (Phi) is 6.35. The molecule has 23 heavy (non-hydrogen) atoms. The van der Waals surface area contributed by atoms with Gasteiger partial charge in [0.05, 0.1) is 7.11 Å². The molecule has 0 spiro atoms. The van der Waals surface area contributed by atoms with Crippen molar-refractivity contribution in [2.45, 2.75) is 0 Å². The van der Waals surface area contributed by atoms with E-state index in [2.05, 4.69) is 4.99 Å². The summed E-state index contributed by atoms with van der Waals surface area (Å²) in [6.45, 7) is 0. The summed E-state index contributed by atoms with van der Waals surface area (Å²) in [6, 6.07) is 18.6. The summed E-state index contributed by atoms with van der Waals surface area (Å²) < 4.78 is 10.1. The lowest BCUT2D eigenvalue weighted by atomic mass is 10.2. The fourth-order valence-electron chi connectivity index (χ4n) is 1.72. The van der Waals surface area contributed by atoms with Crippen LogP contribution in [0.5, 0.6) is 5.75 Å². The van der Waals surface area contributed by atoms with Crippen LogP contribution in [0.25, 0.3) is 6.08 Å². The van der Waals surface area contributed by atoms with Crippen molar-refractivity contribution in [2.75, 3.05) is 7.11 Å². The highest BCUT2D eigenvalue weighted by molar-refractivity contribution is 5.95. The number of carbonyl (C=O) groups is 1. The second-order valence-corrected chi connectivity index (χ2v) is 4.46. The summed E-state index contributed by atoms with van der Waals surface area (Å²) in [5.41, 5.74) is 1.08. The van der Waals surface area contributed by atoms with E-state index < -0.39 is 6.09 Å². The number of ether oxygens (including phenoxy) is 2. The van der Waals surface area contributed by atoms with Gasteiger partial charge in [0, 0.05) is 6.08 Å². The minimum Gasteiger partial charge on any atom is -0.481 e. The third-order valence-electron chi connectivity index (χ3n) is 2.80. The first kappa shape index (κ1) is 16.2. The molecule has 0 fully saturated rings. The zero-order valence-corrected chi connectivity index (χ0v) is 12.8. The van der Waals surface area contributed by atoms with Crippen molar-refractivity contribution in [3.05, 3.63) is 84.5 Å². The zero-order valence-electron chi connectivity index (χ0n) is 12.8. The van der Waals surface area contributed by atoms with Gasteiger partial charge in [-0.2, -0.15) is 0 Å². The molecule has 4 nitrogen and oxygen atoms in total. The van der Waals surface area contributed by atoms with Crippen LogP contribution < -0.4 is 4.74 Å². The molecule has 0 heterocycles. The maximum atomic E-state index is 11.7. The summed E-state index contributed by atoms with van der Waals surface area (Å²) in [5.74, 6) is 0.605. The number of allylic oxidation sites excluding steroid dienone is 2. The predicted molar refractivity (Wildman–Crippen MR) is 91.5 cm³/mol. The van der Waals surface area contributed by atoms with Crippen molar-refractivity contribution >= 4 is 18.1 Å². The minimum absolute atomic E-state index is 0.170. The molecule has 2 aromatic carbocycles. The molecule has 0 radical (unpaired) electrons. The molecule has 0 bridgehead atoms. The van der Waals surface area contributed by atoms with Crippen LogP contribution in [0.3, 0.4) is 0 Å². The van der Waals surface area contributed by atoms with E-state index in [0.717, 1.165) is 5.56 Å². The fourth-order valence-corrected chi connectivity index (χ4v) is 1.72. The molecule has 0 N–H and O–H groups in total. The smallest absolute Gasteiger partial charge is 0.442 e. The third kappa shape index (κ3) is 6.01. The molecule has 0 saturated carbocycles. The highest BCUT2D eigenvalue weighted by atomic mass is 16.6. The minimum atomic E-state index is -0.732. The molecule has 0 aromatic heterocycles. The Morgan fingerprint density at radius 2 is 1.61 bits per heavy atom. The number of carbonyl (C=O) groups excluding carboxylic acids is 1. The van der Waals surface area contributed by atoms with Crippen LogP contribution in [0.2, 0.25) is 0 Å². The van der Waals surface area contributed by atoms with Crippen molar-refractivity contribution in [2.24, 2.45) is 4.99 Å². The number of amides is 1. The molecule has 0 aliphatic carbocycles. The standard InChI is InChI=1S/C19H17NO3/c1-22-18(15-9-8-12-16-10-4-2-5-11-16)20-19(21)23-17-13-6-3-7-14-17/h2-15H,1H3/b12-8-,15-9-,20-18-. The van der Waals surface area contributed by atoms with E-state index in [4.69, 9.17) is 9.47 Å². The summed E-state index contributed by atoms with van der Waals surface area (Å²) in [7, 11) is 1.44. The fraction of sp³-hybridized carbons (Fsp3) is 0.0526. The SMILES string of the molecule is COC(/C=C\C=C/c1ccccc1)=N\C(=O)Oc1ccccc1. The molecule has 4 heteroatoms. The van der Waals surface area contributed by atoms with Gasteiger partial charge in [0.25, 0.3) is 0 Å². The highest BCUT2D eigenvalue weighted by Gasteiger charge is 2.03. The van der Waals surface area contributed by atoms with Crippen molar-refractivity contribution in [1.29, 1.82) is 0 Å². The van der Waals surface area contributed by atoms with Gasteiger partial charge in [-0.05, 0) is 17.7 Å². The number of hydrogen-bond acceptors (Lipinski definition) is 3. The normalized spacial score (nSPS) is 11.8. The van der Waals surface area contributed by atoms with Crippen LogP contribution in [-0.2, 0) is 4.74 Å². The Balaban J connectivity index is 1.94. The Morgan fingerprint density at radius 1 is 0.957 bits per heavy atom. The quantitative estimate of drug-likeness (QED) is 0.474. The Hall–Kier alpha value is -3.14. The van der Waals surface area contributed by atoms with Gasteiger partial charge in [-0.25, -0.2) is 4.79 Å². The second kappa shape index (κ2) is 9.00. The van der Waals surface area contributed by atoms with Crippen molar-refractivity contribution in [3.63, 3.8) is 0 Å². The van der Waals surface area contributed by atoms with E-state index in [9.17, 15) is 4.79 Å². The molecule has 2 aromatic rings. The van der Waals surface area contributed by atoms with Gasteiger partial charge in [0.2, 0.25) is 5.90 Å². The lowest BCUT2D eigenvalue weighted by Crippen LogP contribution is -2.07. The number of rotatable bonds is 4. The number of aliphatic imine (C=N–C) groups is 1. The van der Waals surface area contributed by atoms with Gasteiger partial charge in [0.15, 0.2) is 0 Å².